The second kappa shape index (κ2) is 5.43. The fourth-order valence-electron chi connectivity index (χ4n) is 3.04. The van der Waals surface area contributed by atoms with Crippen LogP contribution in [0.5, 0.6) is 0 Å². The standard InChI is InChI=1S/C16H19ClN4/c17-12-3-4-14-15(7-12)18-8-16(20-14)19-13-5-6-21(10-13)9-11-1-2-11/h3-4,7-8,11,13H,1-2,5-6,9-10H2,(H,19,20). The lowest BCUT2D eigenvalue weighted by Gasteiger charge is -2.16. The molecular weight excluding hydrogens is 284 g/mol. The number of nitrogens with one attached hydrogen (secondary N) is 1. The highest BCUT2D eigenvalue weighted by Crippen LogP contribution is 2.31. The van der Waals surface area contributed by atoms with E-state index in [2.05, 4.69) is 20.2 Å². The number of benzene rings is 1. The molecule has 4 rings (SSSR count). The van der Waals surface area contributed by atoms with Gasteiger partial charge in [0.25, 0.3) is 0 Å². The van der Waals surface area contributed by atoms with Gasteiger partial charge in [0, 0.05) is 30.7 Å². The van der Waals surface area contributed by atoms with Crippen molar-refractivity contribution in [2.45, 2.75) is 25.3 Å². The van der Waals surface area contributed by atoms with Gasteiger partial charge in [-0.15, -0.1) is 0 Å². The predicted molar refractivity (Wildman–Crippen MR) is 85.7 cm³/mol. The summed E-state index contributed by atoms with van der Waals surface area (Å²) in [6.45, 7) is 3.60. The Hall–Kier alpha value is -1.39. The Morgan fingerprint density at radius 1 is 1.24 bits per heavy atom. The molecule has 2 fully saturated rings. The van der Waals surface area contributed by atoms with Crippen molar-refractivity contribution in [2.75, 3.05) is 25.0 Å². The van der Waals surface area contributed by atoms with Gasteiger partial charge in [-0.2, -0.15) is 0 Å². The van der Waals surface area contributed by atoms with Crippen molar-refractivity contribution >= 4 is 28.5 Å². The van der Waals surface area contributed by atoms with Gasteiger partial charge in [-0.1, -0.05) is 11.6 Å². The summed E-state index contributed by atoms with van der Waals surface area (Å²) in [6.07, 6.45) is 5.84. The summed E-state index contributed by atoms with van der Waals surface area (Å²) in [6, 6.07) is 6.11. The third-order valence-electron chi connectivity index (χ3n) is 4.34. The van der Waals surface area contributed by atoms with E-state index in [1.165, 1.54) is 32.4 Å². The molecular formula is C16H19ClN4. The Labute approximate surface area is 129 Å². The van der Waals surface area contributed by atoms with Crippen LogP contribution in [0, 0.1) is 5.92 Å². The summed E-state index contributed by atoms with van der Waals surface area (Å²) in [5.41, 5.74) is 1.73. The quantitative estimate of drug-likeness (QED) is 0.942. The Bertz CT molecular complexity index is 656. The second-order valence-corrected chi connectivity index (χ2v) is 6.66. The molecule has 21 heavy (non-hydrogen) atoms. The van der Waals surface area contributed by atoms with E-state index in [1.807, 2.05) is 24.4 Å². The predicted octanol–water partition coefficient (Wildman–Crippen LogP) is 3.18. The number of fused-ring (bicyclic) bond motifs is 1. The molecule has 1 N–H and O–H groups in total. The smallest absolute Gasteiger partial charge is 0.145 e. The van der Waals surface area contributed by atoms with Gasteiger partial charge < -0.3 is 10.2 Å². The van der Waals surface area contributed by atoms with Crippen molar-refractivity contribution in [2.24, 2.45) is 5.92 Å². The zero-order valence-electron chi connectivity index (χ0n) is 11.9. The Balaban J connectivity index is 1.43. The van der Waals surface area contributed by atoms with Crippen LogP contribution >= 0.6 is 11.6 Å². The number of hydrogen-bond donors (Lipinski definition) is 1. The molecule has 2 aromatic rings. The summed E-state index contributed by atoms with van der Waals surface area (Å²) in [5, 5.41) is 4.22. The first-order chi connectivity index (χ1) is 10.3. The lowest BCUT2D eigenvalue weighted by atomic mass is 10.2. The highest BCUT2D eigenvalue weighted by molar-refractivity contribution is 6.31. The molecule has 0 radical (unpaired) electrons. The maximum atomic E-state index is 5.97. The number of likely N-dealkylation sites (tertiary alicyclic amines) is 1. The van der Waals surface area contributed by atoms with Gasteiger partial charge in [-0.05, 0) is 43.4 Å². The maximum absolute atomic E-state index is 5.97. The molecule has 1 unspecified atom stereocenters. The first-order valence-electron chi connectivity index (χ1n) is 7.67. The minimum Gasteiger partial charge on any atom is -0.365 e. The zero-order valence-corrected chi connectivity index (χ0v) is 12.7. The van der Waals surface area contributed by atoms with Crippen molar-refractivity contribution in [3.05, 3.63) is 29.4 Å². The van der Waals surface area contributed by atoms with Crippen LogP contribution in [-0.4, -0.2) is 40.5 Å². The molecule has 1 aliphatic carbocycles. The van der Waals surface area contributed by atoms with Crippen LogP contribution in [0.4, 0.5) is 5.82 Å². The lowest BCUT2D eigenvalue weighted by molar-refractivity contribution is 0.322. The Morgan fingerprint density at radius 3 is 3.00 bits per heavy atom. The van der Waals surface area contributed by atoms with E-state index in [0.29, 0.717) is 11.1 Å². The summed E-state index contributed by atoms with van der Waals surface area (Å²) >= 11 is 5.97. The molecule has 5 heteroatoms. The topological polar surface area (TPSA) is 41.1 Å². The third kappa shape index (κ3) is 3.11. The molecule has 2 aliphatic rings. The monoisotopic (exact) mass is 302 g/mol. The van der Waals surface area contributed by atoms with Crippen LogP contribution in [0.25, 0.3) is 11.0 Å². The Morgan fingerprint density at radius 2 is 2.14 bits per heavy atom. The summed E-state index contributed by atoms with van der Waals surface area (Å²) in [7, 11) is 0. The number of rotatable bonds is 4. The third-order valence-corrected chi connectivity index (χ3v) is 4.58. The van der Waals surface area contributed by atoms with E-state index in [4.69, 9.17) is 11.6 Å². The van der Waals surface area contributed by atoms with Gasteiger partial charge in [-0.25, -0.2) is 4.98 Å². The minimum atomic E-state index is 0.489. The van der Waals surface area contributed by atoms with Crippen molar-refractivity contribution in [3.63, 3.8) is 0 Å². The van der Waals surface area contributed by atoms with E-state index < -0.39 is 0 Å². The Kier molecular flexibility index (Phi) is 3.43. The van der Waals surface area contributed by atoms with Crippen LogP contribution in [0.2, 0.25) is 5.02 Å². The average molecular weight is 303 g/mol. The average Bonchev–Trinajstić information content (AvgIpc) is 3.18. The largest absolute Gasteiger partial charge is 0.365 e. The minimum absolute atomic E-state index is 0.489. The van der Waals surface area contributed by atoms with Crippen LogP contribution in [0.3, 0.4) is 0 Å². The molecule has 1 saturated heterocycles. The van der Waals surface area contributed by atoms with Gasteiger partial charge in [0.2, 0.25) is 0 Å². The molecule has 1 aromatic carbocycles. The van der Waals surface area contributed by atoms with Gasteiger partial charge in [0.05, 0.1) is 17.2 Å². The molecule has 2 heterocycles. The molecule has 0 spiro atoms. The second-order valence-electron chi connectivity index (χ2n) is 6.22. The van der Waals surface area contributed by atoms with Crippen LogP contribution in [0.15, 0.2) is 24.4 Å². The molecule has 0 bridgehead atoms. The van der Waals surface area contributed by atoms with Crippen LogP contribution in [0.1, 0.15) is 19.3 Å². The molecule has 0 amide bonds. The van der Waals surface area contributed by atoms with Crippen molar-refractivity contribution in [3.8, 4) is 0 Å². The molecule has 1 atom stereocenters. The SMILES string of the molecule is Clc1ccc2nc(NC3CCN(CC4CC4)C3)cnc2c1. The number of anilines is 1. The summed E-state index contributed by atoms with van der Waals surface area (Å²) in [4.78, 5) is 11.6. The number of halogens is 1. The van der Waals surface area contributed by atoms with Gasteiger partial charge >= 0.3 is 0 Å². The van der Waals surface area contributed by atoms with E-state index >= 15 is 0 Å². The zero-order chi connectivity index (χ0) is 14.2. The van der Waals surface area contributed by atoms with Gasteiger partial charge in [-0.3, -0.25) is 4.98 Å². The van der Waals surface area contributed by atoms with E-state index in [-0.39, 0.29) is 0 Å². The number of nitrogens with zero attached hydrogens (tertiary/aromatic N) is 3. The van der Waals surface area contributed by atoms with E-state index in [0.717, 1.165) is 29.3 Å². The molecule has 110 valence electrons. The molecule has 4 nitrogen and oxygen atoms in total. The fraction of sp³-hybridized carbons (Fsp3) is 0.500. The first kappa shape index (κ1) is 13.3. The van der Waals surface area contributed by atoms with Crippen LogP contribution in [-0.2, 0) is 0 Å². The molecule has 1 aromatic heterocycles. The summed E-state index contributed by atoms with van der Waals surface area (Å²) < 4.78 is 0. The lowest BCUT2D eigenvalue weighted by Crippen LogP contribution is -2.28. The van der Waals surface area contributed by atoms with Crippen LogP contribution < -0.4 is 5.32 Å². The van der Waals surface area contributed by atoms with Crippen molar-refractivity contribution in [1.82, 2.24) is 14.9 Å². The summed E-state index contributed by atoms with van der Waals surface area (Å²) in [5.74, 6) is 1.83. The van der Waals surface area contributed by atoms with Gasteiger partial charge in [0.15, 0.2) is 0 Å². The van der Waals surface area contributed by atoms with E-state index in [9.17, 15) is 0 Å². The van der Waals surface area contributed by atoms with Crippen molar-refractivity contribution < 1.29 is 0 Å². The number of hydrogen-bond acceptors (Lipinski definition) is 4. The first-order valence-corrected chi connectivity index (χ1v) is 8.05. The van der Waals surface area contributed by atoms with Gasteiger partial charge in [0.1, 0.15) is 5.82 Å². The highest BCUT2D eigenvalue weighted by atomic mass is 35.5. The fourth-order valence-corrected chi connectivity index (χ4v) is 3.21. The highest BCUT2D eigenvalue weighted by Gasteiger charge is 2.29. The number of aromatic nitrogens is 2. The normalized spacial score (nSPS) is 22.8. The van der Waals surface area contributed by atoms with E-state index in [1.54, 1.807) is 0 Å². The molecule has 1 aliphatic heterocycles. The molecule has 1 saturated carbocycles. The van der Waals surface area contributed by atoms with Crippen molar-refractivity contribution in [1.29, 1.82) is 0 Å². The maximum Gasteiger partial charge on any atom is 0.145 e.